The molecule has 626 valence electrons. The minimum atomic E-state index is -0.837. The lowest BCUT2D eigenvalue weighted by Gasteiger charge is -2.17. The molecule has 6 aliphatic rings. The monoisotopic (exact) mass is 1630 g/mol. The van der Waals surface area contributed by atoms with Gasteiger partial charge in [-0.3, -0.25) is 0 Å². The average molecular weight is 1630 g/mol. The van der Waals surface area contributed by atoms with Crippen LogP contribution in [0.4, 0.5) is 40.1 Å². The Morgan fingerprint density at radius 3 is 0.708 bits per heavy atom. The van der Waals surface area contributed by atoms with Gasteiger partial charge in [-0.15, -0.1) is 0 Å². The molecular weight excluding hydrogens is 1530 g/mol. The maximum Gasteiger partial charge on any atom is 0.508 e. The van der Waals surface area contributed by atoms with Crippen molar-refractivity contribution in [2.75, 3.05) is 76.6 Å². The highest BCUT2D eigenvalue weighted by Gasteiger charge is 2.30. The Kier molecular flexibility index (Phi) is 27.9. The summed E-state index contributed by atoms with van der Waals surface area (Å²) in [5.74, 6) is 1.24. The summed E-state index contributed by atoms with van der Waals surface area (Å²) in [5, 5.41) is 28.9. The fraction of sp³-hybridized carbons (Fsp3) is 0.375. The Bertz CT molecular complexity index is 4710. The van der Waals surface area contributed by atoms with Gasteiger partial charge < -0.3 is 87.2 Å². The van der Waals surface area contributed by atoms with Crippen LogP contribution >= 0.6 is 0 Å². The number of carbonyl (C=O) groups is 6. The van der Waals surface area contributed by atoms with Crippen molar-refractivity contribution in [2.24, 2.45) is 0 Å². The summed E-state index contributed by atoms with van der Waals surface area (Å²) in [5.41, 5.74) is 21.9. The number of hydrogen-bond donors (Lipinski definition) is 4. The molecule has 120 heavy (non-hydrogen) atoms. The highest BCUT2D eigenvalue weighted by molar-refractivity contribution is 5.64. The number of aliphatic hydroxyl groups excluding tert-OH is 2. The number of ether oxygens (including phenoxy) is 14. The van der Waals surface area contributed by atoms with Gasteiger partial charge in [-0.1, -0.05) is 152 Å². The Hall–Kier alpha value is -12.3. The largest absolute Gasteiger partial charge is 0.508 e. The highest BCUT2D eigenvalue weighted by atomic mass is 16.8. The normalized spacial score (nSPS) is 18.9. The molecule has 8 unspecified atom stereocenters. The average Bonchev–Trinajstić information content (AvgIpc) is 1.51. The molecule has 4 N–H and O–H groups in total. The first kappa shape index (κ1) is 82.8. The Morgan fingerprint density at radius 1 is 0.267 bits per heavy atom. The minimum Gasteiger partial charge on any atom is -0.491 e. The number of anilines is 2. The number of cyclic esters (lactones) is 12. The SMILES string of the molecule is O=C1OCC(CCc2ccc(Cc3cc(CCC4COC(=O)O4)cc(Cc4cc(CCC5COC(=O)O5)cc(Cc5ccc(OCC(O)CNc6cccc(NCC(O)COc7ccc(Cc8cc(CCC9COC(=O)O9)cc(Cc9cc(CCC%10COC(=O)O%10)cc(Cc%10ccc(CCC%11COC(=O)O%11)cc%10)c9)c8)cc7)c6)cc5)c4)c3)cc2)O1. The molecule has 6 saturated heterocycles. The van der Waals surface area contributed by atoms with Crippen molar-refractivity contribution in [3.8, 4) is 11.5 Å². The number of aliphatic hydroxyl groups is 2. The van der Waals surface area contributed by atoms with Crippen molar-refractivity contribution >= 4 is 48.3 Å². The number of rotatable bonds is 42. The van der Waals surface area contributed by atoms with Crippen LogP contribution in [0.1, 0.15) is 139 Å². The van der Waals surface area contributed by atoms with Crippen molar-refractivity contribution in [3.63, 3.8) is 0 Å². The first-order valence-electron chi connectivity index (χ1n) is 41.5. The molecule has 15 rings (SSSR count). The summed E-state index contributed by atoms with van der Waals surface area (Å²) in [6.07, 6.45) is 4.99. The Labute approximate surface area is 696 Å². The van der Waals surface area contributed by atoms with Crippen LogP contribution < -0.4 is 20.1 Å². The predicted octanol–water partition coefficient (Wildman–Crippen LogP) is 15.7. The molecule has 6 aliphatic heterocycles. The number of aryl methyl sites for hydroxylation is 6. The van der Waals surface area contributed by atoms with E-state index in [-0.39, 0.29) is 103 Å². The van der Waals surface area contributed by atoms with Crippen LogP contribution in [0.15, 0.2) is 194 Å². The second-order valence-electron chi connectivity index (χ2n) is 31.9. The fourth-order valence-corrected chi connectivity index (χ4v) is 15.9. The van der Waals surface area contributed by atoms with Gasteiger partial charge in [-0.2, -0.15) is 0 Å². The van der Waals surface area contributed by atoms with Gasteiger partial charge in [-0.25, -0.2) is 28.8 Å². The fourth-order valence-electron chi connectivity index (χ4n) is 15.9. The van der Waals surface area contributed by atoms with Gasteiger partial charge in [0.25, 0.3) is 0 Å². The molecule has 0 aliphatic carbocycles. The van der Waals surface area contributed by atoms with Gasteiger partial charge in [0.05, 0.1) is 0 Å². The summed E-state index contributed by atoms with van der Waals surface area (Å²) in [6, 6.07) is 67.4. The van der Waals surface area contributed by atoms with E-state index in [1.807, 2.05) is 72.8 Å². The first-order chi connectivity index (χ1) is 58.4. The summed E-state index contributed by atoms with van der Waals surface area (Å²) in [4.78, 5) is 70.2. The second-order valence-corrected chi connectivity index (χ2v) is 31.9. The van der Waals surface area contributed by atoms with E-state index in [0.29, 0.717) is 114 Å². The predicted molar refractivity (Wildman–Crippen MR) is 442 cm³/mol. The van der Waals surface area contributed by atoms with Gasteiger partial charge in [-0.05, 0) is 258 Å². The molecule has 0 saturated carbocycles. The summed E-state index contributed by atoms with van der Waals surface area (Å²) in [6.45, 7) is 2.04. The van der Waals surface area contributed by atoms with Crippen LogP contribution in [-0.2, 0) is 134 Å². The number of carbonyl (C=O) groups excluding carboxylic acids is 6. The van der Waals surface area contributed by atoms with E-state index in [1.165, 1.54) is 0 Å². The number of hydrogen-bond acceptors (Lipinski definition) is 24. The van der Waals surface area contributed by atoms with Crippen molar-refractivity contribution in [3.05, 3.63) is 294 Å². The summed E-state index contributed by atoms with van der Waals surface area (Å²) < 4.78 is 74.6. The second kappa shape index (κ2) is 40.4. The van der Waals surface area contributed by atoms with Crippen molar-refractivity contribution in [1.82, 2.24) is 0 Å². The van der Waals surface area contributed by atoms with Gasteiger partial charge in [0.1, 0.15) is 113 Å². The molecule has 0 radical (unpaired) electrons. The van der Waals surface area contributed by atoms with E-state index < -0.39 is 49.1 Å². The summed E-state index contributed by atoms with van der Waals surface area (Å²) >= 11 is 0. The lowest BCUT2D eigenvalue weighted by Crippen LogP contribution is -2.27. The Morgan fingerprint density at radius 2 is 0.475 bits per heavy atom. The topological polar surface area (TPSA) is 296 Å². The molecular formula is C96H100N2O22. The molecule has 0 bridgehead atoms. The smallest absolute Gasteiger partial charge is 0.491 e. The van der Waals surface area contributed by atoms with Crippen LogP contribution in [0.2, 0.25) is 0 Å². The van der Waals surface area contributed by atoms with Crippen LogP contribution in [0, 0.1) is 0 Å². The third-order valence-corrected chi connectivity index (χ3v) is 22.1. The zero-order valence-electron chi connectivity index (χ0n) is 67.0. The molecule has 6 fully saturated rings. The van der Waals surface area contributed by atoms with E-state index in [2.05, 4.69) is 132 Å². The standard InChI is InChI=1S/C96H100N2O22/c99-81(53-107-83-22-14-65(15-23-83)34-73-38-69(20-30-89-59-113-95(105)119-89)42-77(46-73)48-75-40-67(18-28-87-57-111-93(103)117-87)36-71(44-75)32-63-8-4-61(5-9-63)12-26-85-55-109-91(101)115-85)51-97-79-2-1-3-80(50-79)98-52-82(100)54-108-84-24-16-66(17-25-84)35-74-39-70(21-31-90-60-114-96(106)120-90)43-78(47-74)49-76-41-68(19-29-88-58-112-94(104)118-88)37-72(45-76)33-64-10-6-62(7-11-64)13-27-86-56-110-92(102)116-86/h1-11,14-17,22-25,36-47,50,81-82,85-90,97-100H,12-13,18-21,26-35,48-49,51-60H2. The minimum absolute atomic E-state index is 0.0529. The third kappa shape index (κ3) is 25.4. The zero-order valence-corrected chi connectivity index (χ0v) is 67.0. The molecule has 24 heteroatoms. The maximum atomic E-state index is 11.9. The van der Waals surface area contributed by atoms with Crippen LogP contribution in [0.5, 0.6) is 11.5 Å². The molecule has 24 nitrogen and oxygen atoms in total. The van der Waals surface area contributed by atoms with Crippen molar-refractivity contribution in [2.45, 2.75) is 164 Å². The van der Waals surface area contributed by atoms with E-state index in [4.69, 9.17) is 66.3 Å². The molecule has 0 amide bonds. The lowest BCUT2D eigenvalue weighted by atomic mass is 9.91. The summed E-state index contributed by atoms with van der Waals surface area (Å²) in [7, 11) is 0. The molecule has 8 atom stereocenters. The maximum absolute atomic E-state index is 11.9. The molecule has 9 aromatic rings. The third-order valence-electron chi connectivity index (χ3n) is 22.1. The molecule has 0 aromatic heterocycles. The van der Waals surface area contributed by atoms with Crippen molar-refractivity contribution < 1.29 is 105 Å². The van der Waals surface area contributed by atoms with Crippen molar-refractivity contribution in [1.29, 1.82) is 0 Å². The van der Waals surface area contributed by atoms with E-state index in [0.717, 1.165) is 124 Å². The number of benzene rings is 9. The van der Waals surface area contributed by atoms with Gasteiger partial charge in [0, 0.05) is 24.5 Å². The van der Waals surface area contributed by atoms with Crippen LogP contribution in [0.3, 0.4) is 0 Å². The molecule has 6 heterocycles. The van der Waals surface area contributed by atoms with E-state index >= 15 is 0 Å². The van der Waals surface area contributed by atoms with Gasteiger partial charge >= 0.3 is 36.9 Å². The number of nitrogens with one attached hydrogen (secondary N) is 2. The van der Waals surface area contributed by atoms with Crippen LogP contribution in [-0.4, -0.2) is 162 Å². The van der Waals surface area contributed by atoms with Crippen LogP contribution in [0.25, 0.3) is 0 Å². The highest BCUT2D eigenvalue weighted by Crippen LogP contribution is 2.31. The van der Waals surface area contributed by atoms with E-state index in [1.54, 1.807) is 0 Å². The van der Waals surface area contributed by atoms with Gasteiger partial charge in [0.15, 0.2) is 0 Å². The molecule has 9 aromatic carbocycles. The lowest BCUT2D eigenvalue weighted by molar-refractivity contribution is 0.115. The zero-order chi connectivity index (χ0) is 82.5. The Balaban J connectivity index is 0.521. The first-order valence-corrected chi connectivity index (χ1v) is 41.5. The molecule has 0 spiro atoms. The van der Waals surface area contributed by atoms with Gasteiger partial charge in [0.2, 0.25) is 0 Å². The van der Waals surface area contributed by atoms with E-state index in [9.17, 15) is 39.0 Å². The quantitative estimate of drug-likeness (QED) is 0.0204.